The van der Waals surface area contributed by atoms with E-state index in [2.05, 4.69) is 135 Å². The van der Waals surface area contributed by atoms with Gasteiger partial charge in [-0.05, 0) is 75.8 Å². The SMILES string of the molecule is CC1(C)c2ccccc2-c2cccc(-c3ccc4oc5cccc(-c6nc(-c7cccc8oc9ccccc9c78)nc(-c7cccc8sc9ccccc9c78)n6)c5c4c3)c21. The topological polar surface area (TPSA) is 65.0 Å². The minimum Gasteiger partial charge on any atom is -0.456 e. The average molecular weight is 788 g/mol. The Morgan fingerprint density at radius 2 is 0.917 bits per heavy atom. The van der Waals surface area contributed by atoms with Gasteiger partial charge >= 0.3 is 0 Å². The van der Waals surface area contributed by atoms with Crippen molar-refractivity contribution in [2.75, 3.05) is 0 Å². The van der Waals surface area contributed by atoms with Crippen LogP contribution in [0.4, 0.5) is 0 Å². The van der Waals surface area contributed by atoms with Crippen molar-refractivity contribution in [1.82, 2.24) is 15.0 Å². The van der Waals surface area contributed by atoms with E-state index in [1.807, 2.05) is 42.5 Å². The molecule has 13 rings (SSSR count). The molecule has 0 fully saturated rings. The molecule has 8 aromatic carbocycles. The largest absolute Gasteiger partial charge is 0.456 e. The van der Waals surface area contributed by atoms with Gasteiger partial charge in [0.15, 0.2) is 17.5 Å². The van der Waals surface area contributed by atoms with E-state index in [4.69, 9.17) is 23.8 Å². The minimum absolute atomic E-state index is 0.154. The molecule has 0 amide bonds. The molecule has 0 bridgehead atoms. The Kier molecular flexibility index (Phi) is 6.88. The number of aromatic nitrogens is 3. The third-order valence-corrected chi connectivity index (χ3v) is 13.7. The molecular formula is C54H33N3O2S. The molecule has 282 valence electrons. The number of fused-ring (bicyclic) bond motifs is 12. The summed E-state index contributed by atoms with van der Waals surface area (Å²) in [7, 11) is 0. The van der Waals surface area contributed by atoms with Gasteiger partial charge in [-0.25, -0.2) is 15.0 Å². The van der Waals surface area contributed by atoms with Gasteiger partial charge in [0, 0.05) is 63.8 Å². The predicted molar refractivity (Wildman–Crippen MR) is 247 cm³/mol. The number of benzene rings is 8. The summed E-state index contributed by atoms with van der Waals surface area (Å²) in [5.74, 6) is 1.77. The zero-order valence-electron chi connectivity index (χ0n) is 32.7. The first-order valence-electron chi connectivity index (χ1n) is 20.3. The van der Waals surface area contributed by atoms with Crippen molar-refractivity contribution >= 4 is 75.4 Å². The quantitative estimate of drug-likeness (QED) is 0.178. The summed E-state index contributed by atoms with van der Waals surface area (Å²) in [4.78, 5) is 16.1. The molecule has 4 heterocycles. The third kappa shape index (κ3) is 4.71. The van der Waals surface area contributed by atoms with E-state index < -0.39 is 0 Å². The number of hydrogen-bond donors (Lipinski definition) is 0. The van der Waals surface area contributed by atoms with Crippen molar-refractivity contribution in [3.05, 3.63) is 175 Å². The Hall–Kier alpha value is -7.41. The number of rotatable bonds is 4. The number of nitrogens with zero attached hydrogens (tertiary/aromatic N) is 3. The summed E-state index contributed by atoms with van der Waals surface area (Å²) in [6.07, 6.45) is 0. The summed E-state index contributed by atoms with van der Waals surface area (Å²) in [5.41, 5.74) is 13.5. The van der Waals surface area contributed by atoms with E-state index in [0.29, 0.717) is 17.5 Å². The van der Waals surface area contributed by atoms with E-state index in [1.54, 1.807) is 11.3 Å². The Bertz CT molecular complexity index is 3640. The molecule has 60 heavy (non-hydrogen) atoms. The lowest BCUT2D eigenvalue weighted by Gasteiger charge is -2.24. The van der Waals surface area contributed by atoms with Crippen LogP contribution in [0.3, 0.4) is 0 Å². The van der Waals surface area contributed by atoms with Crippen LogP contribution in [-0.4, -0.2) is 15.0 Å². The second-order valence-corrected chi connectivity index (χ2v) is 17.3. The van der Waals surface area contributed by atoms with Gasteiger partial charge in [0.05, 0.1) is 0 Å². The van der Waals surface area contributed by atoms with Crippen molar-refractivity contribution in [2.45, 2.75) is 19.3 Å². The zero-order valence-corrected chi connectivity index (χ0v) is 33.5. The van der Waals surface area contributed by atoms with Crippen LogP contribution in [0, 0.1) is 0 Å². The van der Waals surface area contributed by atoms with Crippen LogP contribution in [0.5, 0.6) is 0 Å². The number of thiophene rings is 1. The molecule has 12 aromatic rings. The molecule has 0 saturated heterocycles. The molecule has 0 aliphatic heterocycles. The fourth-order valence-electron chi connectivity index (χ4n) is 9.93. The van der Waals surface area contributed by atoms with Crippen molar-refractivity contribution < 1.29 is 8.83 Å². The minimum atomic E-state index is -0.154. The maximum absolute atomic E-state index is 6.63. The monoisotopic (exact) mass is 787 g/mol. The van der Waals surface area contributed by atoms with Gasteiger partial charge in [-0.15, -0.1) is 11.3 Å². The summed E-state index contributed by atoms with van der Waals surface area (Å²) >= 11 is 1.79. The second kappa shape index (κ2) is 12.3. The van der Waals surface area contributed by atoms with Crippen LogP contribution < -0.4 is 0 Å². The molecule has 4 aromatic heterocycles. The predicted octanol–water partition coefficient (Wildman–Crippen LogP) is 15.0. The van der Waals surface area contributed by atoms with Crippen molar-refractivity contribution in [3.8, 4) is 56.4 Å². The number of para-hydroxylation sites is 1. The van der Waals surface area contributed by atoms with Gasteiger partial charge in [0.25, 0.3) is 0 Å². The van der Waals surface area contributed by atoms with Crippen molar-refractivity contribution in [1.29, 1.82) is 0 Å². The van der Waals surface area contributed by atoms with Gasteiger partial charge < -0.3 is 8.83 Å². The molecule has 0 saturated carbocycles. The first kappa shape index (κ1) is 33.6. The van der Waals surface area contributed by atoms with E-state index in [-0.39, 0.29) is 5.41 Å². The summed E-state index contributed by atoms with van der Waals surface area (Å²) in [6.45, 7) is 4.68. The summed E-state index contributed by atoms with van der Waals surface area (Å²) < 4.78 is 15.4. The average Bonchev–Trinajstić information content (AvgIpc) is 4.04. The molecule has 0 N–H and O–H groups in total. The lowest BCUT2D eigenvalue weighted by molar-refractivity contribution is 0.662. The molecular weight excluding hydrogens is 755 g/mol. The molecule has 0 atom stereocenters. The van der Waals surface area contributed by atoms with Crippen LogP contribution in [0.1, 0.15) is 25.0 Å². The molecule has 1 aliphatic rings. The fraction of sp³-hybridized carbons (Fsp3) is 0.0556. The lowest BCUT2D eigenvalue weighted by Crippen LogP contribution is -2.16. The molecule has 0 unspecified atom stereocenters. The van der Waals surface area contributed by atoms with Crippen molar-refractivity contribution in [2.24, 2.45) is 0 Å². The van der Waals surface area contributed by atoms with Crippen LogP contribution in [0.25, 0.3) is 120 Å². The highest BCUT2D eigenvalue weighted by Crippen LogP contribution is 2.52. The number of hydrogen-bond acceptors (Lipinski definition) is 6. The number of furan rings is 2. The Morgan fingerprint density at radius 1 is 0.400 bits per heavy atom. The molecule has 5 nitrogen and oxygen atoms in total. The van der Waals surface area contributed by atoms with Crippen molar-refractivity contribution in [3.63, 3.8) is 0 Å². The van der Waals surface area contributed by atoms with E-state index >= 15 is 0 Å². The second-order valence-electron chi connectivity index (χ2n) is 16.3. The van der Waals surface area contributed by atoms with E-state index in [9.17, 15) is 0 Å². The van der Waals surface area contributed by atoms with Gasteiger partial charge in [-0.1, -0.05) is 135 Å². The van der Waals surface area contributed by atoms with Crippen LogP contribution in [0.2, 0.25) is 0 Å². The molecule has 0 spiro atoms. The van der Waals surface area contributed by atoms with Gasteiger partial charge in [-0.3, -0.25) is 0 Å². The zero-order chi connectivity index (χ0) is 39.7. The van der Waals surface area contributed by atoms with Gasteiger partial charge in [0.2, 0.25) is 0 Å². The first-order valence-corrected chi connectivity index (χ1v) is 21.1. The van der Waals surface area contributed by atoms with E-state index in [0.717, 1.165) is 71.5 Å². The van der Waals surface area contributed by atoms with E-state index in [1.165, 1.54) is 42.6 Å². The van der Waals surface area contributed by atoms with Gasteiger partial charge in [-0.2, -0.15) is 0 Å². The fourth-order valence-corrected chi connectivity index (χ4v) is 11.1. The maximum Gasteiger partial charge on any atom is 0.164 e. The maximum atomic E-state index is 6.63. The summed E-state index contributed by atoms with van der Waals surface area (Å²) in [6, 6.07) is 57.6. The Morgan fingerprint density at radius 3 is 1.68 bits per heavy atom. The highest BCUT2D eigenvalue weighted by atomic mass is 32.1. The normalized spacial score (nSPS) is 13.3. The highest BCUT2D eigenvalue weighted by Gasteiger charge is 2.37. The standard InChI is InChI=1S/C54H33N3O2S/c1-54(2)40-21-6-3-13-32(40)33-17-9-16-31(50(33)54)30-27-28-42-39(29-30)48-37(19-11-24-44(48)59-42)52-55-51(36-18-10-23-43-47(36)34-14-4-7-22-41(34)58-43)56-53(57-52)38-20-12-26-46-49(38)35-15-5-8-25-45(35)60-46/h3-29H,1-2H3. The van der Waals surface area contributed by atoms with Crippen LogP contribution in [-0.2, 0) is 5.41 Å². The lowest BCUT2D eigenvalue weighted by atomic mass is 9.79. The summed E-state index contributed by atoms with van der Waals surface area (Å²) in [5, 5.41) is 6.32. The molecule has 6 heteroatoms. The highest BCUT2D eigenvalue weighted by molar-refractivity contribution is 7.25. The van der Waals surface area contributed by atoms with Gasteiger partial charge in [0.1, 0.15) is 22.3 Å². The Labute approximate surface area is 348 Å². The smallest absolute Gasteiger partial charge is 0.164 e. The van der Waals surface area contributed by atoms with Crippen LogP contribution in [0.15, 0.2) is 173 Å². The molecule has 0 radical (unpaired) electrons. The third-order valence-electron chi connectivity index (χ3n) is 12.5. The first-order chi connectivity index (χ1) is 29.5. The van der Waals surface area contributed by atoms with Crippen LogP contribution >= 0.6 is 11.3 Å². The Balaban J connectivity index is 1.07. The molecule has 1 aliphatic carbocycles.